The van der Waals surface area contributed by atoms with E-state index >= 15 is 0 Å². The molecule has 2 rings (SSSR count). The topological polar surface area (TPSA) is 46.2 Å². The largest absolute Gasteiger partial charge is 0.391 e. The van der Waals surface area contributed by atoms with Crippen molar-refractivity contribution in [3.05, 3.63) is 29.0 Å². The van der Waals surface area contributed by atoms with Gasteiger partial charge in [-0.05, 0) is 43.9 Å². The molecule has 1 saturated carbocycles. The van der Waals surface area contributed by atoms with Crippen molar-refractivity contribution in [3.63, 3.8) is 0 Å². The van der Waals surface area contributed by atoms with Crippen molar-refractivity contribution in [3.8, 4) is 0 Å². The Kier molecular flexibility index (Phi) is 5.03. The molecule has 0 radical (unpaired) electrons. The third-order valence-corrected chi connectivity index (χ3v) is 5.48. The van der Waals surface area contributed by atoms with E-state index in [0.29, 0.717) is 0 Å². The van der Waals surface area contributed by atoms with Gasteiger partial charge in [-0.1, -0.05) is 11.6 Å². The second kappa shape index (κ2) is 6.33. The fourth-order valence-electron chi connectivity index (χ4n) is 2.51. The lowest BCUT2D eigenvalue weighted by Crippen LogP contribution is -2.40. The molecule has 0 bridgehead atoms. The number of benzene rings is 1. The molecule has 3 nitrogen and oxygen atoms in total. The molecule has 1 N–H and O–H groups in total. The van der Waals surface area contributed by atoms with Crippen LogP contribution in [0.3, 0.4) is 0 Å². The van der Waals surface area contributed by atoms with Crippen LogP contribution in [0, 0.1) is 11.7 Å². The molecular weight excluding hydrogens is 346 g/mol. The second-order valence-electron chi connectivity index (χ2n) is 5.29. The highest BCUT2D eigenvalue weighted by Crippen LogP contribution is 2.37. The molecule has 124 valence electrons. The second-order valence-corrected chi connectivity index (χ2v) is 7.41. The van der Waals surface area contributed by atoms with Crippen LogP contribution in [0.4, 0.5) is 17.6 Å². The Hall–Kier alpha value is -0.860. The Morgan fingerprint density at radius 3 is 2.23 bits per heavy atom. The van der Waals surface area contributed by atoms with E-state index in [9.17, 15) is 26.0 Å². The molecule has 0 aliphatic heterocycles. The van der Waals surface area contributed by atoms with Gasteiger partial charge in [-0.25, -0.2) is 17.5 Å². The molecular formula is C13H14ClF4NO2S. The van der Waals surface area contributed by atoms with Gasteiger partial charge in [-0.15, -0.1) is 0 Å². The molecule has 1 aromatic rings. The minimum atomic E-state index is -4.26. The van der Waals surface area contributed by atoms with Gasteiger partial charge in [-0.3, -0.25) is 0 Å². The van der Waals surface area contributed by atoms with E-state index in [1.54, 1.807) is 0 Å². The molecule has 0 amide bonds. The van der Waals surface area contributed by atoms with Crippen LogP contribution in [0.5, 0.6) is 0 Å². The van der Waals surface area contributed by atoms with Crippen LogP contribution in [-0.4, -0.2) is 20.6 Å². The quantitative estimate of drug-likeness (QED) is 0.832. The average molecular weight is 360 g/mol. The van der Waals surface area contributed by atoms with Crippen LogP contribution in [0.25, 0.3) is 0 Å². The summed E-state index contributed by atoms with van der Waals surface area (Å²) in [5.74, 6) is -2.40. The van der Waals surface area contributed by atoms with E-state index in [-0.39, 0.29) is 30.7 Å². The lowest BCUT2D eigenvalue weighted by Gasteiger charge is -2.30. The van der Waals surface area contributed by atoms with Crippen molar-refractivity contribution < 1.29 is 26.0 Å². The van der Waals surface area contributed by atoms with Gasteiger partial charge < -0.3 is 0 Å². The zero-order valence-electron chi connectivity index (χ0n) is 11.3. The number of halogens is 5. The van der Waals surface area contributed by atoms with Gasteiger partial charge >= 0.3 is 6.18 Å². The third-order valence-electron chi connectivity index (χ3n) is 3.70. The number of nitrogens with one attached hydrogen (secondary N) is 1. The van der Waals surface area contributed by atoms with Crippen molar-refractivity contribution in [1.29, 1.82) is 0 Å². The molecule has 1 aromatic carbocycles. The lowest BCUT2D eigenvalue weighted by atomic mass is 9.86. The number of hydrogen-bond donors (Lipinski definition) is 1. The van der Waals surface area contributed by atoms with Gasteiger partial charge in [0.15, 0.2) is 0 Å². The summed E-state index contributed by atoms with van der Waals surface area (Å²) in [6.45, 7) is 0. The fourth-order valence-corrected chi connectivity index (χ4v) is 4.04. The SMILES string of the molecule is O=S(=O)(NC1CCC(C(F)(F)F)CC1)c1ccc(Cl)cc1F. The first-order valence-corrected chi connectivity index (χ1v) is 8.50. The number of rotatable bonds is 3. The van der Waals surface area contributed by atoms with E-state index in [0.717, 1.165) is 12.1 Å². The van der Waals surface area contributed by atoms with Crippen molar-refractivity contribution in [1.82, 2.24) is 4.72 Å². The molecule has 9 heteroatoms. The highest BCUT2D eigenvalue weighted by atomic mass is 35.5. The summed E-state index contributed by atoms with van der Waals surface area (Å²) in [4.78, 5) is -0.560. The first-order valence-electron chi connectivity index (χ1n) is 6.63. The summed E-state index contributed by atoms with van der Waals surface area (Å²) in [6, 6.07) is 2.51. The van der Waals surface area contributed by atoms with Gasteiger partial charge in [-0.2, -0.15) is 13.2 Å². The minimum Gasteiger partial charge on any atom is -0.208 e. The molecule has 0 atom stereocenters. The van der Waals surface area contributed by atoms with E-state index in [2.05, 4.69) is 4.72 Å². The Labute approximate surface area is 130 Å². The first-order chi connectivity index (χ1) is 10.1. The van der Waals surface area contributed by atoms with Gasteiger partial charge in [0, 0.05) is 11.1 Å². The average Bonchev–Trinajstić information content (AvgIpc) is 2.37. The Morgan fingerprint density at radius 1 is 1.14 bits per heavy atom. The molecule has 1 fully saturated rings. The lowest BCUT2D eigenvalue weighted by molar-refractivity contribution is -0.182. The maximum absolute atomic E-state index is 13.7. The Balaban J connectivity index is 2.05. The molecule has 0 heterocycles. The van der Waals surface area contributed by atoms with Crippen LogP contribution in [0.2, 0.25) is 5.02 Å². The van der Waals surface area contributed by atoms with E-state index in [4.69, 9.17) is 11.6 Å². The summed E-state index contributed by atoms with van der Waals surface area (Å²) in [6.07, 6.45) is -4.40. The van der Waals surface area contributed by atoms with Crippen LogP contribution in [-0.2, 0) is 10.0 Å². The summed E-state index contributed by atoms with van der Waals surface area (Å²) in [5, 5.41) is 0.0575. The zero-order valence-corrected chi connectivity index (χ0v) is 12.9. The normalized spacial score (nSPS) is 23.5. The van der Waals surface area contributed by atoms with Gasteiger partial charge in [0.25, 0.3) is 0 Å². The van der Waals surface area contributed by atoms with E-state index in [1.807, 2.05) is 0 Å². The number of hydrogen-bond acceptors (Lipinski definition) is 2. The van der Waals surface area contributed by atoms with Crippen molar-refractivity contribution in [2.75, 3.05) is 0 Å². The summed E-state index contributed by atoms with van der Waals surface area (Å²) in [5.41, 5.74) is 0. The molecule has 1 aliphatic carbocycles. The maximum Gasteiger partial charge on any atom is 0.391 e. The van der Waals surface area contributed by atoms with Crippen LogP contribution in [0.15, 0.2) is 23.1 Å². The smallest absolute Gasteiger partial charge is 0.208 e. The van der Waals surface area contributed by atoms with E-state index in [1.165, 1.54) is 6.07 Å². The predicted molar refractivity (Wildman–Crippen MR) is 73.5 cm³/mol. The Morgan fingerprint density at radius 2 is 1.73 bits per heavy atom. The standard InChI is InChI=1S/C13H14ClF4NO2S/c14-9-3-6-12(11(15)7-9)22(20,21)19-10-4-1-8(2-5-10)13(16,17)18/h3,6-8,10,19H,1-2,4-5H2. The highest BCUT2D eigenvalue weighted by Gasteiger charge is 2.42. The fraction of sp³-hybridized carbons (Fsp3) is 0.538. The molecule has 0 saturated heterocycles. The molecule has 0 spiro atoms. The number of alkyl halides is 3. The van der Waals surface area contributed by atoms with Crippen LogP contribution < -0.4 is 4.72 Å². The Bertz CT molecular complexity index is 640. The summed E-state index contributed by atoms with van der Waals surface area (Å²) < 4.78 is 77.8. The monoisotopic (exact) mass is 359 g/mol. The number of sulfonamides is 1. The maximum atomic E-state index is 13.7. The van der Waals surface area contributed by atoms with Crippen molar-refractivity contribution >= 4 is 21.6 Å². The molecule has 0 aromatic heterocycles. The highest BCUT2D eigenvalue weighted by molar-refractivity contribution is 7.89. The van der Waals surface area contributed by atoms with Crippen molar-refractivity contribution in [2.24, 2.45) is 5.92 Å². The molecule has 1 aliphatic rings. The first kappa shape index (κ1) is 17.5. The molecule has 0 unspecified atom stereocenters. The predicted octanol–water partition coefficient (Wildman–Crippen LogP) is 3.88. The third kappa shape index (κ3) is 4.11. The van der Waals surface area contributed by atoms with Crippen LogP contribution >= 0.6 is 11.6 Å². The van der Waals surface area contributed by atoms with Gasteiger partial charge in [0.1, 0.15) is 10.7 Å². The van der Waals surface area contributed by atoms with E-state index < -0.39 is 38.9 Å². The molecule has 22 heavy (non-hydrogen) atoms. The van der Waals surface area contributed by atoms with Gasteiger partial charge in [0.2, 0.25) is 10.0 Å². The minimum absolute atomic E-state index is 0.0575. The van der Waals surface area contributed by atoms with Crippen molar-refractivity contribution in [2.45, 2.75) is 42.8 Å². The van der Waals surface area contributed by atoms with Gasteiger partial charge in [0.05, 0.1) is 5.92 Å². The van der Waals surface area contributed by atoms with Crippen LogP contribution in [0.1, 0.15) is 25.7 Å². The summed E-state index contributed by atoms with van der Waals surface area (Å²) in [7, 11) is -4.13. The summed E-state index contributed by atoms with van der Waals surface area (Å²) >= 11 is 5.56. The zero-order chi connectivity index (χ0) is 16.5.